The van der Waals surface area contributed by atoms with Crippen LogP contribution >= 0.6 is 0 Å². The van der Waals surface area contributed by atoms with E-state index in [1.54, 1.807) is 57.7 Å². The molecule has 6 aliphatic carbocycles. The van der Waals surface area contributed by atoms with Crippen molar-refractivity contribution >= 4 is 11.9 Å². The molecule has 2 aromatic carbocycles. The summed E-state index contributed by atoms with van der Waals surface area (Å²) < 4.78 is 35.3. The lowest BCUT2D eigenvalue weighted by Crippen LogP contribution is -2.72. The van der Waals surface area contributed by atoms with Crippen molar-refractivity contribution in [3.63, 3.8) is 0 Å². The van der Waals surface area contributed by atoms with Crippen molar-refractivity contribution in [2.45, 2.75) is 63.0 Å². The van der Waals surface area contributed by atoms with Crippen molar-refractivity contribution in [1.82, 2.24) is 4.90 Å². The molecule has 6 saturated carbocycles. The Morgan fingerprint density at radius 1 is 0.875 bits per heavy atom. The predicted octanol–water partition coefficient (Wildman–Crippen LogP) is 4.88. The van der Waals surface area contributed by atoms with Crippen LogP contribution in [0.25, 0.3) is 0 Å². The zero-order valence-electron chi connectivity index (χ0n) is 28.1. The lowest BCUT2D eigenvalue weighted by molar-refractivity contribution is -0.270. The summed E-state index contributed by atoms with van der Waals surface area (Å²) in [7, 11) is 6.19. The van der Waals surface area contributed by atoms with E-state index in [4.69, 9.17) is 28.4 Å². The molecule has 0 aromatic heterocycles. The predicted molar refractivity (Wildman–Crippen MR) is 172 cm³/mol. The number of rotatable bonds is 8. The SMILES string of the molecule is C=C1[C@H]2C[C@@H]3C4N5C[C@]6(C)CCC[C@@]47[C@@H]6[C@@]5(OC(=O)c4ccc(OC)c(OC)c4)C[C@]3([C@@H]1OC(=O)c1ccc(OC)c(OC)c1)[C@H]7[C@H]2O. The van der Waals surface area contributed by atoms with Gasteiger partial charge in [-0.05, 0) is 72.6 Å². The molecule has 3 heterocycles. The summed E-state index contributed by atoms with van der Waals surface area (Å²) in [4.78, 5) is 30.8. The van der Waals surface area contributed by atoms with E-state index < -0.39 is 35.3 Å². The summed E-state index contributed by atoms with van der Waals surface area (Å²) in [6.07, 6.45) is 3.15. The fourth-order valence-corrected chi connectivity index (χ4v) is 13.2. The second kappa shape index (κ2) is 9.69. The largest absolute Gasteiger partial charge is 0.493 e. The van der Waals surface area contributed by atoms with E-state index in [1.165, 1.54) is 7.11 Å². The monoisotopic (exact) mass is 657 g/mol. The van der Waals surface area contributed by atoms with Crippen LogP contribution in [0.1, 0.15) is 59.7 Å². The highest BCUT2D eigenvalue weighted by molar-refractivity contribution is 5.91. The van der Waals surface area contributed by atoms with Crippen molar-refractivity contribution in [3.8, 4) is 23.0 Å². The van der Waals surface area contributed by atoms with Gasteiger partial charge in [0.15, 0.2) is 28.7 Å². The molecule has 2 unspecified atom stereocenters. The van der Waals surface area contributed by atoms with Crippen LogP contribution < -0.4 is 18.9 Å². The van der Waals surface area contributed by atoms with Gasteiger partial charge in [0.25, 0.3) is 0 Å². The normalized spacial score (nSPS) is 43.2. The van der Waals surface area contributed by atoms with Gasteiger partial charge in [0.05, 0.1) is 45.7 Å². The topological polar surface area (TPSA) is 113 Å². The second-order valence-electron chi connectivity index (χ2n) is 15.6. The van der Waals surface area contributed by atoms with E-state index in [0.29, 0.717) is 40.5 Å². The molecular weight excluding hydrogens is 614 g/mol. The Labute approximate surface area is 280 Å². The van der Waals surface area contributed by atoms with E-state index in [1.807, 2.05) is 0 Å². The van der Waals surface area contributed by atoms with Crippen LogP contribution in [-0.2, 0) is 9.47 Å². The number of piperidine rings is 2. The fraction of sp³-hybridized carbons (Fsp3) is 0.579. The first-order valence-electron chi connectivity index (χ1n) is 17.1. The maximum atomic E-state index is 14.2. The summed E-state index contributed by atoms with van der Waals surface area (Å²) in [6, 6.07) is 10.2. The molecule has 2 aromatic rings. The number of esters is 2. The average molecular weight is 658 g/mol. The third-order valence-electron chi connectivity index (χ3n) is 14.0. The van der Waals surface area contributed by atoms with Crippen LogP contribution in [0, 0.1) is 39.9 Å². The zero-order chi connectivity index (χ0) is 33.5. The summed E-state index contributed by atoms with van der Waals surface area (Å²) >= 11 is 0. The number of nitrogens with zero attached hydrogens (tertiary/aromatic N) is 1. The van der Waals surface area contributed by atoms with Crippen molar-refractivity contribution in [2.24, 2.45) is 39.9 Å². The lowest BCUT2D eigenvalue weighted by atomic mass is 9.38. The maximum Gasteiger partial charge on any atom is 0.340 e. The molecule has 254 valence electrons. The van der Waals surface area contributed by atoms with Gasteiger partial charge in [0.2, 0.25) is 0 Å². The van der Waals surface area contributed by atoms with Crippen LogP contribution in [0.2, 0.25) is 0 Å². The summed E-state index contributed by atoms with van der Waals surface area (Å²) in [5, 5.41) is 12.3. The molecule has 0 radical (unpaired) electrons. The first-order chi connectivity index (χ1) is 23.0. The van der Waals surface area contributed by atoms with Crippen LogP contribution in [-0.4, -0.2) is 80.9 Å². The van der Waals surface area contributed by atoms with Gasteiger partial charge in [-0.25, -0.2) is 9.59 Å². The molecule has 0 amide bonds. The summed E-state index contributed by atoms with van der Waals surface area (Å²) in [5.41, 5.74) is -0.316. The van der Waals surface area contributed by atoms with Crippen LogP contribution in [0.5, 0.6) is 23.0 Å². The highest BCUT2D eigenvalue weighted by Gasteiger charge is 2.95. The molecule has 11 rings (SSSR count). The summed E-state index contributed by atoms with van der Waals surface area (Å²) in [6.45, 7) is 7.70. The van der Waals surface area contributed by atoms with E-state index in [2.05, 4.69) is 18.4 Å². The van der Waals surface area contributed by atoms with Gasteiger partial charge in [-0.1, -0.05) is 19.9 Å². The Kier molecular flexibility index (Phi) is 6.12. The lowest BCUT2D eigenvalue weighted by Gasteiger charge is -2.68. The Hall–Kier alpha value is -3.76. The van der Waals surface area contributed by atoms with Crippen molar-refractivity contribution in [3.05, 3.63) is 59.7 Å². The molecule has 3 aliphatic heterocycles. The molecule has 1 N–H and O–H groups in total. The molecule has 48 heavy (non-hydrogen) atoms. The molecule has 3 saturated heterocycles. The van der Waals surface area contributed by atoms with E-state index in [0.717, 1.165) is 37.8 Å². The Morgan fingerprint density at radius 3 is 2.12 bits per heavy atom. The van der Waals surface area contributed by atoms with Crippen molar-refractivity contribution < 1.29 is 43.1 Å². The number of carbonyl (C=O) groups excluding carboxylic acids is 2. The van der Waals surface area contributed by atoms with Crippen LogP contribution in [0.15, 0.2) is 48.6 Å². The first-order valence-corrected chi connectivity index (χ1v) is 17.1. The molecule has 10 nitrogen and oxygen atoms in total. The highest BCUT2D eigenvalue weighted by atomic mass is 16.6. The number of fused-ring (bicyclic) bond motifs is 1. The minimum Gasteiger partial charge on any atom is -0.493 e. The van der Waals surface area contributed by atoms with Gasteiger partial charge < -0.3 is 33.5 Å². The molecule has 12 atom stereocenters. The standard InChI is InChI=1S/C38H43NO9/c1-19-22-16-23-30-36-13-7-12-35(2)18-39(30)38(34(35)36,48-33(42)21-9-11-25(44-4)27(15-21)46-6)17-37(23,29(36)28(22)40)31(19)47-32(41)20-8-10-24(43-3)26(14-20)45-5/h8-11,14-15,22-23,28-31,34,40H,1,7,12-13,16-18H2,2-6H3/t22-,23-,28+,29+,30?,31-,34-,35+,36+,37-,38+/m1/s1. The molecule has 9 bridgehead atoms. The van der Waals surface area contributed by atoms with E-state index >= 15 is 0 Å². The van der Waals surface area contributed by atoms with Gasteiger partial charge in [0, 0.05) is 47.6 Å². The molecule has 2 spiro atoms. The average Bonchev–Trinajstić information content (AvgIpc) is 3.48. The molecule has 10 heteroatoms. The highest BCUT2D eigenvalue weighted by Crippen LogP contribution is 2.89. The number of hydrogen-bond donors (Lipinski definition) is 1. The molecule has 9 aliphatic rings. The fourth-order valence-electron chi connectivity index (χ4n) is 13.2. The van der Waals surface area contributed by atoms with E-state index in [9.17, 15) is 14.7 Å². The van der Waals surface area contributed by atoms with Gasteiger partial charge in [-0.2, -0.15) is 0 Å². The smallest absolute Gasteiger partial charge is 0.340 e. The molecule has 9 fully saturated rings. The number of hydrogen-bond acceptors (Lipinski definition) is 10. The summed E-state index contributed by atoms with van der Waals surface area (Å²) in [5.74, 6) is 1.07. The maximum absolute atomic E-state index is 14.2. The number of ether oxygens (including phenoxy) is 6. The first kappa shape index (κ1) is 30.3. The van der Waals surface area contributed by atoms with Crippen molar-refractivity contribution in [1.29, 1.82) is 0 Å². The molecular formula is C38H43NO9. The third kappa shape index (κ3) is 3.27. The quantitative estimate of drug-likeness (QED) is 0.312. The third-order valence-corrected chi connectivity index (χ3v) is 14.0. The Bertz CT molecular complexity index is 1780. The van der Waals surface area contributed by atoms with E-state index in [-0.39, 0.29) is 40.5 Å². The van der Waals surface area contributed by atoms with Crippen LogP contribution in [0.3, 0.4) is 0 Å². The number of aliphatic hydroxyl groups is 1. The van der Waals surface area contributed by atoms with Crippen LogP contribution in [0.4, 0.5) is 0 Å². The number of aliphatic hydroxyl groups excluding tert-OH is 1. The van der Waals surface area contributed by atoms with Crippen molar-refractivity contribution in [2.75, 3.05) is 35.0 Å². The minimum absolute atomic E-state index is 0.0606. The van der Waals surface area contributed by atoms with Gasteiger partial charge in [-0.15, -0.1) is 0 Å². The Balaban J connectivity index is 1.15. The zero-order valence-corrected chi connectivity index (χ0v) is 28.1. The number of carbonyl (C=O) groups is 2. The minimum atomic E-state index is -0.894. The van der Waals surface area contributed by atoms with Gasteiger partial charge in [-0.3, -0.25) is 4.90 Å². The number of methoxy groups -OCH3 is 4. The van der Waals surface area contributed by atoms with Gasteiger partial charge >= 0.3 is 11.9 Å². The number of benzene rings is 2. The second-order valence-corrected chi connectivity index (χ2v) is 15.6. The van der Waals surface area contributed by atoms with Gasteiger partial charge in [0.1, 0.15) is 6.10 Å². The Morgan fingerprint density at radius 2 is 1.50 bits per heavy atom.